The van der Waals surface area contributed by atoms with Gasteiger partial charge in [-0.1, -0.05) is 0 Å². The fourth-order valence-corrected chi connectivity index (χ4v) is 3.79. The van der Waals surface area contributed by atoms with Crippen LogP contribution in [0.2, 0.25) is 0 Å². The van der Waals surface area contributed by atoms with Crippen LogP contribution in [0, 0.1) is 0 Å². The third-order valence-electron chi connectivity index (χ3n) is 5.35. The van der Waals surface area contributed by atoms with Crippen LogP contribution in [0.1, 0.15) is 55.3 Å². The average molecular weight is 417 g/mol. The Balaban J connectivity index is 1.58. The topological polar surface area (TPSA) is 122 Å². The van der Waals surface area contributed by atoms with Crippen LogP contribution in [0.5, 0.6) is 0 Å². The summed E-state index contributed by atoms with van der Waals surface area (Å²) in [5, 5.41) is 16.3. The van der Waals surface area contributed by atoms with Crippen LogP contribution in [-0.4, -0.2) is 58.1 Å². The molecule has 0 aliphatic heterocycles. The molecular formula is C18H26F3N5O3. The van der Waals surface area contributed by atoms with Gasteiger partial charge in [-0.05, 0) is 44.9 Å². The molecule has 1 amide bonds. The van der Waals surface area contributed by atoms with Crippen molar-refractivity contribution >= 4 is 17.7 Å². The minimum absolute atomic E-state index is 0.00918. The number of nitrogens with zero attached hydrogens (tertiary/aromatic N) is 2. The standard InChI is InChI=1S/C18H26F3N5O3/c19-18(20,21)9-29-11-6-4-10(5-7-11)24-17-23-8-12(15(22)28)16(26-17)25-13-2-1-3-14(13)27/h8,10-11,13-14,27H,1-7,9H2,(H2,22,28)(H2,23,24,25,26)/t10?,11?,13-,14-/m1/s1. The van der Waals surface area contributed by atoms with E-state index in [0.29, 0.717) is 38.1 Å². The maximum absolute atomic E-state index is 12.3. The molecule has 3 rings (SSSR count). The van der Waals surface area contributed by atoms with Crippen LogP contribution >= 0.6 is 0 Å². The first-order chi connectivity index (χ1) is 13.7. The van der Waals surface area contributed by atoms with Gasteiger partial charge in [0.05, 0.1) is 23.8 Å². The minimum Gasteiger partial charge on any atom is -0.391 e. The second-order valence-electron chi connectivity index (χ2n) is 7.61. The van der Waals surface area contributed by atoms with Crippen molar-refractivity contribution in [3.63, 3.8) is 0 Å². The highest BCUT2D eigenvalue weighted by Crippen LogP contribution is 2.27. The lowest BCUT2D eigenvalue weighted by molar-refractivity contribution is -0.187. The van der Waals surface area contributed by atoms with Gasteiger partial charge >= 0.3 is 6.18 Å². The Morgan fingerprint density at radius 1 is 1.21 bits per heavy atom. The Morgan fingerprint density at radius 3 is 2.52 bits per heavy atom. The first-order valence-corrected chi connectivity index (χ1v) is 9.77. The van der Waals surface area contributed by atoms with Gasteiger partial charge in [-0.15, -0.1) is 0 Å². The highest BCUT2D eigenvalue weighted by molar-refractivity contribution is 5.97. The summed E-state index contributed by atoms with van der Waals surface area (Å²) < 4.78 is 41.7. The highest BCUT2D eigenvalue weighted by Gasteiger charge is 2.31. The van der Waals surface area contributed by atoms with E-state index in [1.54, 1.807) is 0 Å². The average Bonchev–Trinajstić information content (AvgIpc) is 3.05. The van der Waals surface area contributed by atoms with Crippen LogP contribution in [0.15, 0.2) is 6.20 Å². The first-order valence-electron chi connectivity index (χ1n) is 9.77. The van der Waals surface area contributed by atoms with Crippen LogP contribution in [0.3, 0.4) is 0 Å². The molecule has 162 valence electrons. The molecule has 0 saturated heterocycles. The van der Waals surface area contributed by atoms with Gasteiger partial charge in [0.15, 0.2) is 0 Å². The predicted octanol–water partition coefficient (Wildman–Crippen LogP) is 2.20. The number of primary amides is 1. The van der Waals surface area contributed by atoms with Gasteiger partial charge in [0.25, 0.3) is 5.91 Å². The molecule has 1 aromatic heterocycles. The summed E-state index contributed by atoms with van der Waals surface area (Å²) in [7, 11) is 0. The van der Waals surface area contributed by atoms with Crippen molar-refractivity contribution in [2.75, 3.05) is 17.2 Å². The molecule has 2 saturated carbocycles. The van der Waals surface area contributed by atoms with E-state index < -0.39 is 30.9 Å². The molecule has 2 atom stereocenters. The number of anilines is 2. The lowest BCUT2D eigenvalue weighted by atomic mass is 9.93. The van der Waals surface area contributed by atoms with Crippen molar-refractivity contribution in [1.82, 2.24) is 9.97 Å². The predicted molar refractivity (Wildman–Crippen MR) is 99.5 cm³/mol. The van der Waals surface area contributed by atoms with E-state index in [1.807, 2.05) is 0 Å². The Morgan fingerprint density at radius 2 is 1.93 bits per heavy atom. The van der Waals surface area contributed by atoms with Crippen LogP contribution in [-0.2, 0) is 4.74 Å². The Labute approximate surface area is 166 Å². The van der Waals surface area contributed by atoms with E-state index in [1.165, 1.54) is 6.20 Å². The molecule has 1 aromatic rings. The van der Waals surface area contributed by atoms with E-state index in [0.717, 1.165) is 12.8 Å². The van der Waals surface area contributed by atoms with Crippen LogP contribution < -0.4 is 16.4 Å². The summed E-state index contributed by atoms with van der Waals surface area (Å²) >= 11 is 0. The number of nitrogens with one attached hydrogen (secondary N) is 2. The summed E-state index contributed by atoms with van der Waals surface area (Å²) in [6.07, 6.45) is 0.651. The van der Waals surface area contributed by atoms with Gasteiger partial charge < -0.3 is 26.2 Å². The van der Waals surface area contributed by atoms with Gasteiger partial charge in [-0.25, -0.2) is 4.98 Å². The zero-order chi connectivity index (χ0) is 21.0. The molecule has 2 fully saturated rings. The highest BCUT2D eigenvalue weighted by atomic mass is 19.4. The van der Waals surface area contributed by atoms with E-state index in [-0.39, 0.29) is 23.5 Å². The number of amides is 1. The number of rotatable bonds is 7. The fraction of sp³-hybridized carbons (Fsp3) is 0.722. The van der Waals surface area contributed by atoms with E-state index in [4.69, 9.17) is 10.5 Å². The van der Waals surface area contributed by atoms with Crippen LogP contribution in [0.4, 0.5) is 24.9 Å². The molecule has 0 bridgehead atoms. The number of carbonyl (C=O) groups excluding carboxylic acids is 1. The molecule has 0 radical (unpaired) electrons. The number of halogens is 3. The van der Waals surface area contributed by atoms with Gasteiger partial charge in [0, 0.05) is 12.2 Å². The SMILES string of the molecule is NC(=O)c1cnc(NC2CCC(OCC(F)(F)F)CC2)nc1N[C@@H]1CCC[C@H]1O. The number of ether oxygens (including phenoxy) is 1. The summed E-state index contributed by atoms with van der Waals surface area (Å²) in [6.45, 7) is -1.23. The Bertz CT molecular complexity index is 710. The molecular weight excluding hydrogens is 391 g/mol. The molecule has 2 aliphatic rings. The summed E-state index contributed by atoms with van der Waals surface area (Å²) in [6, 6.07) is -0.220. The van der Waals surface area contributed by atoms with Gasteiger partial charge in [0.2, 0.25) is 5.95 Å². The number of alkyl halides is 3. The maximum Gasteiger partial charge on any atom is 0.411 e. The van der Waals surface area contributed by atoms with E-state index in [9.17, 15) is 23.1 Å². The molecule has 5 N–H and O–H groups in total. The van der Waals surface area contributed by atoms with Crippen molar-refractivity contribution in [2.24, 2.45) is 5.73 Å². The molecule has 0 unspecified atom stereocenters. The lowest BCUT2D eigenvalue weighted by Gasteiger charge is -2.29. The molecule has 0 spiro atoms. The maximum atomic E-state index is 12.3. The van der Waals surface area contributed by atoms with Gasteiger partial charge in [0.1, 0.15) is 12.4 Å². The third kappa shape index (κ3) is 6.17. The van der Waals surface area contributed by atoms with Crippen molar-refractivity contribution in [2.45, 2.75) is 75.4 Å². The number of aliphatic hydroxyl groups excluding tert-OH is 1. The molecule has 2 aliphatic carbocycles. The molecule has 8 nitrogen and oxygen atoms in total. The van der Waals surface area contributed by atoms with Gasteiger partial charge in [-0.2, -0.15) is 18.2 Å². The number of aliphatic hydroxyl groups is 1. The Kier molecular flexibility index (Phi) is 6.78. The summed E-state index contributed by atoms with van der Waals surface area (Å²) in [5.41, 5.74) is 5.53. The number of hydrogen-bond donors (Lipinski definition) is 4. The summed E-state index contributed by atoms with van der Waals surface area (Å²) in [5.74, 6) is -0.110. The summed E-state index contributed by atoms with van der Waals surface area (Å²) in [4.78, 5) is 20.2. The van der Waals surface area contributed by atoms with E-state index in [2.05, 4.69) is 20.6 Å². The smallest absolute Gasteiger partial charge is 0.391 e. The van der Waals surface area contributed by atoms with Crippen molar-refractivity contribution < 1.29 is 27.8 Å². The molecule has 29 heavy (non-hydrogen) atoms. The number of carbonyl (C=O) groups is 1. The zero-order valence-electron chi connectivity index (χ0n) is 15.9. The molecule has 11 heteroatoms. The number of hydrogen-bond acceptors (Lipinski definition) is 7. The second-order valence-corrected chi connectivity index (χ2v) is 7.61. The molecule has 0 aromatic carbocycles. The monoisotopic (exact) mass is 417 g/mol. The lowest BCUT2D eigenvalue weighted by Crippen LogP contribution is -2.33. The largest absolute Gasteiger partial charge is 0.411 e. The first kappa shape index (κ1) is 21.6. The number of aromatic nitrogens is 2. The van der Waals surface area contributed by atoms with Crippen molar-refractivity contribution in [3.8, 4) is 0 Å². The van der Waals surface area contributed by atoms with Gasteiger partial charge in [-0.3, -0.25) is 4.79 Å². The van der Waals surface area contributed by atoms with Crippen molar-refractivity contribution in [1.29, 1.82) is 0 Å². The fourth-order valence-electron chi connectivity index (χ4n) is 3.79. The van der Waals surface area contributed by atoms with E-state index >= 15 is 0 Å². The number of nitrogens with two attached hydrogens (primary N) is 1. The second kappa shape index (κ2) is 9.12. The third-order valence-corrected chi connectivity index (χ3v) is 5.35. The normalized spacial score (nSPS) is 27.6. The van der Waals surface area contributed by atoms with Crippen molar-refractivity contribution in [3.05, 3.63) is 11.8 Å². The van der Waals surface area contributed by atoms with Crippen LogP contribution in [0.25, 0.3) is 0 Å². The zero-order valence-corrected chi connectivity index (χ0v) is 15.9. The Hall–Kier alpha value is -2.14. The molecule has 1 heterocycles. The quantitative estimate of drug-likeness (QED) is 0.536. The minimum atomic E-state index is -4.32.